The fraction of sp³-hybridized carbons (Fsp3) is 0.286. The van der Waals surface area contributed by atoms with Crippen molar-refractivity contribution < 1.29 is 9.53 Å². The van der Waals surface area contributed by atoms with Gasteiger partial charge in [0, 0.05) is 29.2 Å². The highest BCUT2D eigenvalue weighted by Gasteiger charge is 2.18. The average molecular weight is 529 g/mol. The van der Waals surface area contributed by atoms with Gasteiger partial charge in [-0.25, -0.2) is 0 Å². The number of para-hydroxylation sites is 1. The minimum Gasteiger partial charge on any atom is -0.495 e. The first-order valence-corrected chi connectivity index (χ1v) is 11.0. The van der Waals surface area contributed by atoms with Crippen molar-refractivity contribution in [1.29, 1.82) is 0 Å². The fourth-order valence-corrected chi connectivity index (χ4v) is 5.03. The SMILES string of the molecule is COc1c(Br)cc(Br)cc1C=CC(=O)Nc1cccc(Cl)c1N1CCCCC1. The van der Waals surface area contributed by atoms with Crippen molar-refractivity contribution in [2.24, 2.45) is 0 Å². The second-order valence-electron chi connectivity index (χ2n) is 6.52. The van der Waals surface area contributed by atoms with E-state index in [1.807, 2.05) is 30.3 Å². The highest BCUT2D eigenvalue weighted by atomic mass is 79.9. The molecular formula is C21H21Br2ClN2O2. The molecular weight excluding hydrogens is 508 g/mol. The van der Waals surface area contributed by atoms with Crippen molar-refractivity contribution in [1.82, 2.24) is 0 Å². The van der Waals surface area contributed by atoms with Gasteiger partial charge in [-0.3, -0.25) is 4.79 Å². The van der Waals surface area contributed by atoms with E-state index in [0.29, 0.717) is 10.8 Å². The number of nitrogens with zero attached hydrogens (tertiary/aromatic N) is 1. The highest BCUT2D eigenvalue weighted by Crippen LogP contribution is 2.36. The summed E-state index contributed by atoms with van der Waals surface area (Å²) in [4.78, 5) is 14.8. The number of carbonyl (C=O) groups is 1. The first-order chi connectivity index (χ1) is 13.5. The molecule has 1 saturated heterocycles. The van der Waals surface area contributed by atoms with Crippen LogP contribution in [0.5, 0.6) is 5.75 Å². The van der Waals surface area contributed by atoms with Gasteiger partial charge in [0.1, 0.15) is 5.75 Å². The van der Waals surface area contributed by atoms with Crippen LogP contribution in [-0.2, 0) is 4.79 Å². The summed E-state index contributed by atoms with van der Waals surface area (Å²) >= 11 is 13.4. The predicted octanol–water partition coefficient (Wildman–Crippen LogP) is 6.52. The van der Waals surface area contributed by atoms with Crippen molar-refractivity contribution in [3.8, 4) is 5.75 Å². The third-order valence-corrected chi connectivity index (χ3v) is 5.92. The van der Waals surface area contributed by atoms with Gasteiger partial charge in [-0.15, -0.1) is 0 Å². The number of piperidine rings is 1. The standard InChI is InChI=1S/C21H21Br2ClN2O2/c1-28-21-14(12-15(22)13-16(21)23)8-9-19(27)25-18-7-5-6-17(24)20(18)26-10-3-2-4-11-26/h5-9,12-13H,2-4,10-11H2,1H3,(H,25,27). The van der Waals surface area contributed by atoms with Crippen LogP contribution in [0.15, 0.2) is 45.4 Å². The Morgan fingerprint density at radius 1 is 1.21 bits per heavy atom. The summed E-state index contributed by atoms with van der Waals surface area (Å²) in [7, 11) is 1.60. The average Bonchev–Trinajstić information content (AvgIpc) is 2.67. The Hall–Kier alpha value is -1.50. The first kappa shape index (κ1) is 21.2. The van der Waals surface area contributed by atoms with E-state index in [2.05, 4.69) is 42.1 Å². The van der Waals surface area contributed by atoms with Crippen LogP contribution in [0.4, 0.5) is 11.4 Å². The maximum Gasteiger partial charge on any atom is 0.248 e. The van der Waals surface area contributed by atoms with Gasteiger partial charge >= 0.3 is 0 Å². The minimum absolute atomic E-state index is 0.223. The number of halogens is 3. The summed E-state index contributed by atoms with van der Waals surface area (Å²) in [5.74, 6) is 0.447. The predicted molar refractivity (Wildman–Crippen MR) is 124 cm³/mol. The van der Waals surface area contributed by atoms with Crippen LogP contribution >= 0.6 is 43.5 Å². The molecule has 1 amide bonds. The van der Waals surface area contributed by atoms with E-state index in [-0.39, 0.29) is 5.91 Å². The molecule has 0 atom stereocenters. The largest absolute Gasteiger partial charge is 0.495 e. The summed E-state index contributed by atoms with van der Waals surface area (Å²) in [5.41, 5.74) is 2.42. The van der Waals surface area contributed by atoms with Gasteiger partial charge in [-0.2, -0.15) is 0 Å². The summed E-state index contributed by atoms with van der Waals surface area (Å²) in [6.07, 6.45) is 6.73. The molecule has 0 radical (unpaired) electrons. The summed E-state index contributed by atoms with van der Waals surface area (Å²) in [6.45, 7) is 1.90. The smallest absolute Gasteiger partial charge is 0.248 e. The van der Waals surface area contributed by atoms with Gasteiger partial charge in [0.25, 0.3) is 0 Å². The Bertz CT molecular complexity index is 896. The van der Waals surface area contributed by atoms with Gasteiger partial charge in [0.05, 0.1) is 28.0 Å². The molecule has 1 aliphatic heterocycles. The number of hydrogen-bond donors (Lipinski definition) is 1. The van der Waals surface area contributed by atoms with Gasteiger partial charge < -0.3 is 15.0 Å². The number of rotatable bonds is 5. The van der Waals surface area contributed by atoms with Gasteiger partial charge in [0.2, 0.25) is 5.91 Å². The Balaban J connectivity index is 1.81. The van der Waals surface area contributed by atoms with Crippen molar-refractivity contribution in [2.45, 2.75) is 19.3 Å². The van der Waals surface area contributed by atoms with Crippen molar-refractivity contribution in [3.63, 3.8) is 0 Å². The van der Waals surface area contributed by atoms with Crippen LogP contribution in [0.3, 0.4) is 0 Å². The van der Waals surface area contributed by atoms with Gasteiger partial charge in [-0.1, -0.05) is 33.6 Å². The molecule has 0 bridgehead atoms. The molecule has 4 nitrogen and oxygen atoms in total. The molecule has 1 fully saturated rings. The summed E-state index contributed by atoms with van der Waals surface area (Å²) in [5, 5.41) is 3.62. The third kappa shape index (κ3) is 5.10. The normalized spacial score (nSPS) is 14.4. The van der Waals surface area contributed by atoms with E-state index in [9.17, 15) is 4.79 Å². The zero-order valence-electron chi connectivity index (χ0n) is 15.5. The van der Waals surface area contributed by atoms with Crippen LogP contribution < -0.4 is 15.0 Å². The van der Waals surface area contributed by atoms with Gasteiger partial charge in [-0.05, 0) is 65.5 Å². The van der Waals surface area contributed by atoms with Crippen LogP contribution in [-0.4, -0.2) is 26.1 Å². The molecule has 1 N–H and O–H groups in total. The van der Waals surface area contributed by atoms with Gasteiger partial charge in [0.15, 0.2) is 0 Å². The Morgan fingerprint density at radius 3 is 2.68 bits per heavy atom. The van der Waals surface area contributed by atoms with Crippen LogP contribution in [0, 0.1) is 0 Å². The number of hydrogen-bond acceptors (Lipinski definition) is 3. The lowest BCUT2D eigenvalue weighted by atomic mass is 10.1. The maximum atomic E-state index is 12.6. The van der Waals surface area contributed by atoms with E-state index in [1.165, 1.54) is 12.5 Å². The molecule has 0 unspecified atom stereocenters. The molecule has 1 aliphatic rings. The highest BCUT2D eigenvalue weighted by molar-refractivity contribution is 9.11. The number of carbonyl (C=O) groups excluding carboxylic acids is 1. The fourth-order valence-electron chi connectivity index (χ4n) is 3.31. The Kier molecular flexibility index (Phi) is 7.43. The molecule has 1 heterocycles. The molecule has 0 aromatic heterocycles. The first-order valence-electron chi connectivity index (χ1n) is 9.05. The number of benzene rings is 2. The molecule has 0 spiro atoms. The number of anilines is 2. The lowest BCUT2D eigenvalue weighted by molar-refractivity contribution is -0.111. The van der Waals surface area contributed by atoms with E-state index in [0.717, 1.165) is 51.8 Å². The second kappa shape index (κ2) is 9.81. The Morgan fingerprint density at radius 2 is 1.96 bits per heavy atom. The van der Waals surface area contributed by atoms with Crippen molar-refractivity contribution in [3.05, 3.63) is 55.9 Å². The molecule has 0 saturated carbocycles. The number of amides is 1. The van der Waals surface area contributed by atoms with Crippen LogP contribution in [0.25, 0.3) is 6.08 Å². The third-order valence-electron chi connectivity index (χ3n) is 4.57. The molecule has 148 valence electrons. The van der Waals surface area contributed by atoms with E-state index < -0.39 is 0 Å². The monoisotopic (exact) mass is 526 g/mol. The van der Waals surface area contributed by atoms with Crippen molar-refractivity contribution in [2.75, 3.05) is 30.4 Å². The van der Waals surface area contributed by atoms with E-state index >= 15 is 0 Å². The summed E-state index contributed by atoms with van der Waals surface area (Å²) in [6, 6.07) is 9.39. The topological polar surface area (TPSA) is 41.6 Å². The van der Waals surface area contributed by atoms with Crippen molar-refractivity contribution >= 4 is 66.8 Å². The van der Waals surface area contributed by atoms with Crippen LogP contribution in [0.2, 0.25) is 5.02 Å². The quantitative estimate of drug-likeness (QED) is 0.450. The lowest BCUT2D eigenvalue weighted by Crippen LogP contribution is -2.30. The maximum absolute atomic E-state index is 12.6. The van der Waals surface area contributed by atoms with Crippen LogP contribution in [0.1, 0.15) is 24.8 Å². The molecule has 0 aliphatic carbocycles. The number of ether oxygens (including phenoxy) is 1. The van der Waals surface area contributed by atoms with E-state index in [1.54, 1.807) is 13.2 Å². The molecule has 3 rings (SSSR count). The molecule has 28 heavy (non-hydrogen) atoms. The number of methoxy groups -OCH3 is 1. The summed E-state index contributed by atoms with van der Waals surface area (Å²) < 4.78 is 7.12. The zero-order chi connectivity index (χ0) is 20.1. The lowest BCUT2D eigenvalue weighted by Gasteiger charge is -2.31. The second-order valence-corrected chi connectivity index (χ2v) is 8.69. The minimum atomic E-state index is -0.223. The molecule has 2 aromatic carbocycles. The molecule has 7 heteroatoms. The zero-order valence-corrected chi connectivity index (χ0v) is 19.4. The Labute approximate surface area is 187 Å². The molecule has 2 aromatic rings. The van der Waals surface area contributed by atoms with E-state index in [4.69, 9.17) is 16.3 Å². The number of nitrogens with one attached hydrogen (secondary N) is 1.